The van der Waals surface area contributed by atoms with Crippen molar-refractivity contribution < 1.29 is 9.90 Å². The SMILES string of the molecule is O=C1N(Cc2ccccc2)c2ccc(Cl)cc2C1(O)c1c[nH]c2ccc(Br)cc12. The lowest BCUT2D eigenvalue weighted by molar-refractivity contribution is -0.132. The number of aliphatic hydroxyl groups is 1. The van der Waals surface area contributed by atoms with Gasteiger partial charge in [0.25, 0.3) is 5.91 Å². The number of carbonyl (C=O) groups excluding carboxylic acids is 1. The van der Waals surface area contributed by atoms with Crippen LogP contribution in [0.2, 0.25) is 5.02 Å². The van der Waals surface area contributed by atoms with E-state index >= 15 is 0 Å². The van der Waals surface area contributed by atoms with Crippen LogP contribution in [0.15, 0.2) is 77.4 Å². The monoisotopic (exact) mass is 466 g/mol. The van der Waals surface area contributed by atoms with Crippen molar-refractivity contribution in [3.63, 3.8) is 0 Å². The normalized spacial score (nSPS) is 18.4. The van der Waals surface area contributed by atoms with Gasteiger partial charge < -0.3 is 15.0 Å². The van der Waals surface area contributed by atoms with Crippen molar-refractivity contribution in [2.45, 2.75) is 12.1 Å². The minimum Gasteiger partial charge on any atom is -0.372 e. The lowest BCUT2D eigenvalue weighted by Gasteiger charge is -2.23. The van der Waals surface area contributed by atoms with E-state index < -0.39 is 5.60 Å². The molecule has 0 saturated heterocycles. The zero-order chi connectivity index (χ0) is 20.2. The second kappa shape index (κ2) is 6.73. The first-order chi connectivity index (χ1) is 14.0. The zero-order valence-corrected chi connectivity index (χ0v) is 17.5. The van der Waals surface area contributed by atoms with Crippen LogP contribution in [0.3, 0.4) is 0 Å². The maximum Gasteiger partial charge on any atom is 0.268 e. The van der Waals surface area contributed by atoms with Crippen LogP contribution in [-0.2, 0) is 16.9 Å². The number of rotatable bonds is 3. The molecule has 0 spiro atoms. The molecule has 2 N–H and O–H groups in total. The lowest BCUT2D eigenvalue weighted by Crippen LogP contribution is -2.40. The minimum atomic E-state index is -1.83. The van der Waals surface area contributed by atoms with Crippen LogP contribution in [0.5, 0.6) is 0 Å². The first-order valence-corrected chi connectivity index (χ1v) is 10.3. The van der Waals surface area contributed by atoms with E-state index in [9.17, 15) is 9.90 Å². The largest absolute Gasteiger partial charge is 0.372 e. The number of H-pyrrole nitrogens is 1. The number of nitrogens with zero attached hydrogens (tertiary/aromatic N) is 1. The molecule has 2 heterocycles. The van der Waals surface area contributed by atoms with Gasteiger partial charge in [0, 0.05) is 37.7 Å². The highest BCUT2D eigenvalue weighted by Crippen LogP contribution is 2.48. The Morgan fingerprint density at radius 2 is 1.83 bits per heavy atom. The average molecular weight is 468 g/mol. The molecule has 1 unspecified atom stereocenters. The van der Waals surface area contributed by atoms with Gasteiger partial charge in [0.05, 0.1) is 12.2 Å². The topological polar surface area (TPSA) is 56.3 Å². The molecule has 1 aromatic heterocycles. The molecule has 0 aliphatic carbocycles. The fourth-order valence-corrected chi connectivity index (χ4v) is 4.56. The number of hydrogen-bond acceptors (Lipinski definition) is 2. The summed E-state index contributed by atoms with van der Waals surface area (Å²) in [4.78, 5) is 18.4. The van der Waals surface area contributed by atoms with Crippen LogP contribution in [0.1, 0.15) is 16.7 Å². The van der Waals surface area contributed by atoms with Gasteiger partial charge in [-0.05, 0) is 42.0 Å². The molecule has 0 fully saturated rings. The Balaban J connectivity index is 1.71. The molecule has 29 heavy (non-hydrogen) atoms. The van der Waals surface area contributed by atoms with Crippen molar-refractivity contribution in [1.82, 2.24) is 4.98 Å². The smallest absolute Gasteiger partial charge is 0.268 e. The molecule has 1 aliphatic rings. The van der Waals surface area contributed by atoms with Crippen LogP contribution in [0, 0.1) is 0 Å². The Labute approximate surface area is 180 Å². The lowest BCUT2D eigenvalue weighted by atomic mass is 9.87. The van der Waals surface area contributed by atoms with Gasteiger partial charge in [-0.1, -0.05) is 57.9 Å². The summed E-state index contributed by atoms with van der Waals surface area (Å²) in [6.45, 7) is 0.364. The first kappa shape index (κ1) is 18.4. The first-order valence-electron chi connectivity index (χ1n) is 9.14. The summed E-state index contributed by atoms with van der Waals surface area (Å²) < 4.78 is 0.868. The molecule has 4 aromatic rings. The van der Waals surface area contributed by atoms with Crippen LogP contribution in [-0.4, -0.2) is 16.0 Å². The summed E-state index contributed by atoms with van der Waals surface area (Å²) in [5, 5.41) is 13.1. The summed E-state index contributed by atoms with van der Waals surface area (Å²) >= 11 is 9.73. The van der Waals surface area contributed by atoms with Crippen molar-refractivity contribution in [3.05, 3.63) is 99.1 Å². The standard InChI is InChI=1S/C23H16BrClN2O2/c24-15-6-8-20-17(10-15)19(12-26-20)23(29)18-11-16(25)7-9-21(18)27(22(23)28)13-14-4-2-1-3-5-14/h1-12,26,29H,13H2. The van der Waals surface area contributed by atoms with Gasteiger partial charge in [0.2, 0.25) is 0 Å². The van der Waals surface area contributed by atoms with Gasteiger partial charge in [-0.3, -0.25) is 4.79 Å². The summed E-state index contributed by atoms with van der Waals surface area (Å²) in [7, 11) is 0. The van der Waals surface area contributed by atoms with Gasteiger partial charge >= 0.3 is 0 Å². The Hall–Kier alpha value is -2.60. The van der Waals surface area contributed by atoms with Crippen LogP contribution < -0.4 is 4.90 Å². The third-order valence-electron chi connectivity index (χ3n) is 5.41. The molecular formula is C23H16BrClN2O2. The summed E-state index contributed by atoms with van der Waals surface area (Å²) in [6, 6.07) is 20.7. The number of hydrogen-bond donors (Lipinski definition) is 2. The van der Waals surface area contributed by atoms with Crippen LogP contribution in [0.4, 0.5) is 5.69 Å². The number of benzene rings is 3. The number of amides is 1. The van der Waals surface area contributed by atoms with Crippen LogP contribution >= 0.6 is 27.5 Å². The van der Waals surface area contributed by atoms with Gasteiger partial charge in [-0.25, -0.2) is 0 Å². The van der Waals surface area contributed by atoms with Crippen molar-refractivity contribution >= 4 is 50.0 Å². The van der Waals surface area contributed by atoms with E-state index in [1.54, 1.807) is 29.3 Å². The van der Waals surface area contributed by atoms with E-state index in [2.05, 4.69) is 20.9 Å². The Kier molecular flexibility index (Phi) is 4.28. The predicted molar refractivity (Wildman–Crippen MR) is 118 cm³/mol. The van der Waals surface area contributed by atoms with Gasteiger partial charge in [-0.2, -0.15) is 0 Å². The molecule has 3 aromatic carbocycles. The average Bonchev–Trinajstić information content (AvgIpc) is 3.23. The summed E-state index contributed by atoms with van der Waals surface area (Å²) in [5.74, 6) is -0.389. The Morgan fingerprint density at radius 1 is 1.03 bits per heavy atom. The highest BCUT2D eigenvalue weighted by molar-refractivity contribution is 9.10. The summed E-state index contributed by atoms with van der Waals surface area (Å²) in [5.41, 5.74) is 1.66. The van der Waals surface area contributed by atoms with Crippen molar-refractivity contribution in [3.8, 4) is 0 Å². The number of fused-ring (bicyclic) bond motifs is 2. The molecule has 0 radical (unpaired) electrons. The van der Waals surface area contributed by atoms with Crippen molar-refractivity contribution in [1.29, 1.82) is 0 Å². The molecule has 1 aliphatic heterocycles. The molecule has 0 bridgehead atoms. The number of halogens is 2. The number of aromatic amines is 1. The van der Waals surface area contributed by atoms with Crippen LogP contribution in [0.25, 0.3) is 10.9 Å². The summed E-state index contributed by atoms with van der Waals surface area (Å²) in [6.07, 6.45) is 1.70. The third-order valence-corrected chi connectivity index (χ3v) is 6.14. The second-order valence-electron chi connectivity index (χ2n) is 7.14. The number of nitrogens with one attached hydrogen (secondary N) is 1. The van der Waals surface area contributed by atoms with Gasteiger partial charge in [0.1, 0.15) is 0 Å². The maximum atomic E-state index is 13.6. The van der Waals surface area contributed by atoms with E-state index in [-0.39, 0.29) is 5.91 Å². The number of aromatic nitrogens is 1. The second-order valence-corrected chi connectivity index (χ2v) is 8.49. The highest BCUT2D eigenvalue weighted by atomic mass is 79.9. The van der Waals surface area contributed by atoms with Gasteiger partial charge in [-0.15, -0.1) is 0 Å². The molecule has 0 saturated carbocycles. The molecular weight excluding hydrogens is 452 g/mol. The number of anilines is 1. The third kappa shape index (κ3) is 2.81. The van der Waals surface area contributed by atoms with E-state index in [0.29, 0.717) is 28.4 Å². The molecule has 4 nitrogen and oxygen atoms in total. The van der Waals surface area contributed by atoms with E-state index in [0.717, 1.165) is 20.9 Å². The minimum absolute atomic E-state index is 0.364. The highest BCUT2D eigenvalue weighted by Gasteiger charge is 2.52. The fraction of sp³-hybridized carbons (Fsp3) is 0.0870. The molecule has 1 amide bonds. The maximum absolute atomic E-state index is 13.6. The van der Waals surface area contributed by atoms with E-state index in [4.69, 9.17) is 11.6 Å². The van der Waals surface area contributed by atoms with E-state index in [1.807, 2.05) is 48.5 Å². The number of carbonyl (C=O) groups is 1. The Bertz CT molecular complexity index is 1250. The molecule has 5 rings (SSSR count). The molecule has 144 valence electrons. The zero-order valence-electron chi connectivity index (χ0n) is 15.2. The fourth-order valence-electron chi connectivity index (χ4n) is 4.03. The molecule has 6 heteroatoms. The quantitative estimate of drug-likeness (QED) is 0.426. The predicted octanol–water partition coefficient (Wildman–Crippen LogP) is 5.37. The van der Waals surface area contributed by atoms with Crippen molar-refractivity contribution in [2.24, 2.45) is 0 Å². The van der Waals surface area contributed by atoms with Crippen molar-refractivity contribution in [2.75, 3.05) is 4.90 Å². The van der Waals surface area contributed by atoms with Gasteiger partial charge in [0.15, 0.2) is 5.60 Å². The van der Waals surface area contributed by atoms with E-state index in [1.165, 1.54) is 0 Å². The Morgan fingerprint density at radius 3 is 2.62 bits per heavy atom. The molecule has 1 atom stereocenters.